The smallest absolute Gasteiger partial charge is 0.151 e. The van der Waals surface area contributed by atoms with Gasteiger partial charge in [-0.15, -0.1) is 11.3 Å². The Kier molecular flexibility index (Phi) is 2.54. The van der Waals surface area contributed by atoms with Gasteiger partial charge in [0.05, 0.1) is 11.6 Å². The SMILES string of the molecule is O=Cc1cc(CO)cc2c(Cl)csc12. The largest absolute Gasteiger partial charge is 0.392 e. The molecule has 0 saturated carbocycles. The number of benzene rings is 1. The molecule has 0 bridgehead atoms. The minimum atomic E-state index is -0.0804. The van der Waals surface area contributed by atoms with Crippen LogP contribution < -0.4 is 0 Å². The first-order valence-corrected chi connectivity index (χ1v) is 5.27. The summed E-state index contributed by atoms with van der Waals surface area (Å²) in [6, 6.07) is 3.49. The standard InChI is InChI=1S/C10H7ClO2S/c11-9-5-14-10-7(4-13)1-6(3-12)2-8(9)10/h1-2,4-5,12H,3H2. The van der Waals surface area contributed by atoms with Crippen LogP contribution in [0.4, 0.5) is 0 Å². The molecular formula is C10H7ClO2S. The highest BCUT2D eigenvalue weighted by atomic mass is 35.5. The monoisotopic (exact) mass is 226 g/mol. The third-order valence-electron chi connectivity index (χ3n) is 2.02. The van der Waals surface area contributed by atoms with Crippen LogP contribution in [0.3, 0.4) is 0 Å². The summed E-state index contributed by atoms with van der Waals surface area (Å²) in [5.74, 6) is 0. The minimum Gasteiger partial charge on any atom is -0.392 e. The molecule has 0 unspecified atom stereocenters. The van der Waals surface area contributed by atoms with Crippen LogP contribution in [0, 0.1) is 0 Å². The van der Waals surface area contributed by atoms with Crippen LogP contribution in [0.1, 0.15) is 15.9 Å². The number of aldehydes is 1. The summed E-state index contributed by atoms with van der Waals surface area (Å²) in [4.78, 5) is 10.8. The number of halogens is 1. The van der Waals surface area contributed by atoms with Gasteiger partial charge in [-0.25, -0.2) is 0 Å². The summed E-state index contributed by atoms with van der Waals surface area (Å²) in [7, 11) is 0. The van der Waals surface area contributed by atoms with Crippen molar-refractivity contribution in [1.29, 1.82) is 0 Å². The maximum Gasteiger partial charge on any atom is 0.151 e. The van der Waals surface area contributed by atoms with E-state index in [4.69, 9.17) is 16.7 Å². The molecule has 0 amide bonds. The lowest BCUT2D eigenvalue weighted by molar-refractivity contribution is 0.112. The quantitative estimate of drug-likeness (QED) is 0.800. The molecule has 2 nitrogen and oxygen atoms in total. The average Bonchev–Trinajstić information content (AvgIpc) is 2.59. The van der Waals surface area contributed by atoms with Crippen LogP contribution in [-0.4, -0.2) is 11.4 Å². The number of hydrogen-bond acceptors (Lipinski definition) is 3. The summed E-state index contributed by atoms with van der Waals surface area (Å²) in [5.41, 5.74) is 1.29. The van der Waals surface area contributed by atoms with Gasteiger partial charge in [0.15, 0.2) is 6.29 Å². The van der Waals surface area contributed by atoms with Crippen molar-refractivity contribution in [2.45, 2.75) is 6.61 Å². The molecule has 1 heterocycles. The van der Waals surface area contributed by atoms with E-state index in [1.165, 1.54) is 11.3 Å². The van der Waals surface area contributed by atoms with E-state index in [0.29, 0.717) is 16.1 Å². The Labute approximate surface area is 89.7 Å². The van der Waals surface area contributed by atoms with Gasteiger partial charge in [0.25, 0.3) is 0 Å². The number of thiophene rings is 1. The average molecular weight is 227 g/mol. The van der Waals surface area contributed by atoms with Gasteiger partial charge in [-0.05, 0) is 17.7 Å². The second kappa shape index (κ2) is 3.69. The Morgan fingerprint density at radius 3 is 2.93 bits per heavy atom. The fourth-order valence-electron chi connectivity index (χ4n) is 1.38. The molecule has 4 heteroatoms. The molecule has 72 valence electrons. The Morgan fingerprint density at radius 2 is 2.29 bits per heavy atom. The van der Waals surface area contributed by atoms with Crippen molar-refractivity contribution in [3.05, 3.63) is 33.7 Å². The molecule has 1 aromatic carbocycles. The molecule has 0 atom stereocenters. The molecule has 0 radical (unpaired) electrons. The van der Waals surface area contributed by atoms with Gasteiger partial charge >= 0.3 is 0 Å². The molecular weight excluding hydrogens is 220 g/mol. The highest BCUT2D eigenvalue weighted by molar-refractivity contribution is 7.18. The molecule has 0 aliphatic heterocycles. The van der Waals surface area contributed by atoms with E-state index in [1.54, 1.807) is 17.5 Å². The summed E-state index contributed by atoms with van der Waals surface area (Å²) in [6.07, 6.45) is 0.786. The van der Waals surface area contributed by atoms with Gasteiger partial charge in [0.2, 0.25) is 0 Å². The number of aliphatic hydroxyl groups is 1. The van der Waals surface area contributed by atoms with Crippen LogP contribution in [0.25, 0.3) is 10.1 Å². The van der Waals surface area contributed by atoms with Gasteiger partial charge in [-0.2, -0.15) is 0 Å². The molecule has 0 fully saturated rings. The third-order valence-corrected chi connectivity index (χ3v) is 3.51. The Hall–Kier alpha value is -0.900. The highest BCUT2D eigenvalue weighted by Crippen LogP contribution is 2.32. The van der Waals surface area contributed by atoms with Gasteiger partial charge in [-0.3, -0.25) is 4.79 Å². The van der Waals surface area contributed by atoms with Crippen LogP contribution in [0.2, 0.25) is 5.02 Å². The molecule has 0 saturated heterocycles. The van der Waals surface area contributed by atoms with Crippen LogP contribution in [-0.2, 0) is 6.61 Å². The molecule has 1 aromatic heterocycles. The van der Waals surface area contributed by atoms with E-state index >= 15 is 0 Å². The maximum atomic E-state index is 10.8. The Bertz CT molecular complexity index is 490. The van der Waals surface area contributed by atoms with Crippen molar-refractivity contribution in [3.8, 4) is 0 Å². The fourth-order valence-corrected chi connectivity index (χ4v) is 2.60. The predicted octanol–water partition coefficient (Wildman–Crippen LogP) is 2.86. The van der Waals surface area contributed by atoms with E-state index in [1.807, 2.05) is 0 Å². The van der Waals surface area contributed by atoms with Crippen molar-refractivity contribution in [2.24, 2.45) is 0 Å². The zero-order valence-corrected chi connectivity index (χ0v) is 8.73. The maximum absolute atomic E-state index is 10.8. The summed E-state index contributed by atoms with van der Waals surface area (Å²) in [5, 5.41) is 12.2. The van der Waals surface area contributed by atoms with Gasteiger partial charge in [0.1, 0.15) is 0 Å². The van der Waals surface area contributed by atoms with Crippen molar-refractivity contribution in [1.82, 2.24) is 0 Å². The van der Waals surface area contributed by atoms with E-state index in [2.05, 4.69) is 0 Å². The van der Waals surface area contributed by atoms with E-state index < -0.39 is 0 Å². The van der Waals surface area contributed by atoms with E-state index in [0.717, 1.165) is 16.4 Å². The topological polar surface area (TPSA) is 37.3 Å². The summed E-state index contributed by atoms with van der Waals surface area (Å²) < 4.78 is 0.877. The molecule has 1 N–H and O–H groups in total. The third kappa shape index (κ3) is 1.43. The van der Waals surface area contributed by atoms with E-state index in [-0.39, 0.29) is 6.61 Å². The van der Waals surface area contributed by atoms with E-state index in [9.17, 15) is 4.79 Å². The normalized spacial score (nSPS) is 10.7. The fraction of sp³-hybridized carbons (Fsp3) is 0.100. The summed E-state index contributed by atoms with van der Waals surface area (Å²) in [6.45, 7) is -0.0804. The lowest BCUT2D eigenvalue weighted by atomic mass is 10.1. The molecule has 14 heavy (non-hydrogen) atoms. The van der Waals surface area contributed by atoms with Crippen LogP contribution in [0.5, 0.6) is 0 Å². The lowest BCUT2D eigenvalue weighted by Crippen LogP contribution is -1.87. The number of fused-ring (bicyclic) bond motifs is 1. The number of aliphatic hydroxyl groups excluding tert-OH is 1. The second-order valence-corrected chi connectivity index (χ2v) is 4.21. The highest BCUT2D eigenvalue weighted by Gasteiger charge is 2.08. The predicted molar refractivity (Wildman–Crippen MR) is 58.1 cm³/mol. The van der Waals surface area contributed by atoms with Crippen molar-refractivity contribution in [3.63, 3.8) is 0 Å². The lowest BCUT2D eigenvalue weighted by Gasteiger charge is -1.99. The van der Waals surface area contributed by atoms with Crippen LogP contribution >= 0.6 is 22.9 Å². The number of carbonyl (C=O) groups excluding carboxylic acids is 1. The Morgan fingerprint density at radius 1 is 1.50 bits per heavy atom. The number of hydrogen-bond donors (Lipinski definition) is 1. The molecule has 2 aromatic rings. The van der Waals surface area contributed by atoms with Gasteiger partial charge in [-0.1, -0.05) is 11.6 Å². The zero-order valence-electron chi connectivity index (χ0n) is 7.16. The van der Waals surface area contributed by atoms with Gasteiger partial charge < -0.3 is 5.11 Å². The second-order valence-electron chi connectivity index (χ2n) is 2.92. The first-order valence-electron chi connectivity index (χ1n) is 4.02. The van der Waals surface area contributed by atoms with Crippen molar-refractivity contribution < 1.29 is 9.90 Å². The molecule has 0 aliphatic rings. The summed E-state index contributed by atoms with van der Waals surface area (Å²) >= 11 is 7.38. The molecule has 0 spiro atoms. The van der Waals surface area contributed by atoms with Crippen molar-refractivity contribution in [2.75, 3.05) is 0 Å². The molecule has 0 aliphatic carbocycles. The zero-order chi connectivity index (χ0) is 10.1. The molecule has 2 rings (SSSR count). The minimum absolute atomic E-state index is 0.0804. The van der Waals surface area contributed by atoms with Crippen LogP contribution in [0.15, 0.2) is 17.5 Å². The first kappa shape index (κ1) is 9.65. The van der Waals surface area contributed by atoms with Gasteiger partial charge in [0, 0.05) is 21.0 Å². The number of rotatable bonds is 2. The van der Waals surface area contributed by atoms with Crippen molar-refractivity contribution >= 4 is 39.3 Å². The number of carbonyl (C=O) groups is 1. The first-order chi connectivity index (χ1) is 6.76. The Balaban J connectivity index is 2.82.